The highest BCUT2D eigenvalue weighted by molar-refractivity contribution is 7.90. The molecular formula is C11H10N4O3S. The van der Waals surface area contributed by atoms with Crippen molar-refractivity contribution in [1.29, 1.82) is 0 Å². The quantitative estimate of drug-likeness (QED) is 0.701. The van der Waals surface area contributed by atoms with E-state index in [4.69, 9.17) is 0 Å². The van der Waals surface area contributed by atoms with Crippen LogP contribution >= 0.6 is 0 Å². The predicted octanol–water partition coefficient (Wildman–Crippen LogP) is 1.27. The van der Waals surface area contributed by atoms with E-state index in [-0.39, 0.29) is 10.4 Å². The number of fused-ring (bicyclic) bond motifs is 1. The molecule has 0 saturated carbocycles. The molecular weight excluding hydrogens is 268 g/mol. The first-order valence-electron chi connectivity index (χ1n) is 5.50. The number of nitrogens with zero attached hydrogens (tertiary/aromatic N) is 4. The third kappa shape index (κ3) is 1.72. The minimum Gasteiger partial charge on any atom is -0.243 e. The van der Waals surface area contributed by atoms with Crippen molar-refractivity contribution in [2.75, 3.05) is 0 Å². The van der Waals surface area contributed by atoms with Crippen LogP contribution in [0.1, 0.15) is 11.4 Å². The largest absolute Gasteiger partial charge is 0.285 e. The van der Waals surface area contributed by atoms with E-state index in [0.29, 0.717) is 16.9 Å². The first kappa shape index (κ1) is 11.8. The number of benzene rings is 1. The van der Waals surface area contributed by atoms with Gasteiger partial charge < -0.3 is 0 Å². The second-order valence-corrected chi connectivity index (χ2v) is 5.90. The molecule has 2 aromatic heterocycles. The summed E-state index contributed by atoms with van der Waals surface area (Å²) in [5, 5.41) is 11.3. The average molecular weight is 278 g/mol. The van der Waals surface area contributed by atoms with Gasteiger partial charge in [-0.05, 0) is 42.4 Å². The third-order valence-electron chi connectivity index (χ3n) is 2.72. The lowest BCUT2D eigenvalue weighted by Crippen LogP contribution is -2.16. The van der Waals surface area contributed by atoms with E-state index in [1.54, 1.807) is 32.0 Å². The van der Waals surface area contributed by atoms with E-state index in [2.05, 4.69) is 20.0 Å². The first-order valence-corrected chi connectivity index (χ1v) is 6.94. The van der Waals surface area contributed by atoms with Gasteiger partial charge in [0.2, 0.25) is 0 Å². The molecule has 0 N–H and O–H groups in total. The molecule has 0 unspecified atom stereocenters. The van der Waals surface area contributed by atoms with Gasteiger partial charge in [-0.1, -0.05) is 6.07 Å². The van der Waals surface area contributed by atoms with E-state index < -0.39 is 10.0 Å². The molecule has 3 rings (SSSR count). The van der Waals surface area contributed by atoms with Crippen molar-refractivity contribution in [2.24, 2.45) is 0 Å². The fourth-order valence-electron chi connectivity index (χ4n) is 1.93. The van der Waals surface area contributed by atoms with Crippen LogP contribution in [-0.4, -0.2) is 27.9 Å². The van der Waals surface area contributed by atoms with Crippen LogP contribution in [0.4, 0.5) is 0 Å². The van der Waals surface area contributed by atoms with Crippen LogP contribution in [0.15, 0.2) is 33.8 Å². The smallest absolute Gasteiger partial charge is 0.243 e. The van der Waals surface area contributed by atoms with E-state index in [1.165, 1.54) is 6.07 Å². The molecule has 0 saturated heterocycles. The van der Waals surface area contributed by atoms with Crippen molar-refractivity contribution in [3.63, 3.8) is 0 Å². The maximum absolute atomic E-state index is 12.6. The van der Waals surface area contributed by atoms with Crippen molar-refractivity contribution in [3.8, 4) is 0 Å². The second-order valence-electron chi connectivity index (χ2n) is 4.16. The Balaban J connectivity index is 2.31. The molecule has 1 aromatic carbocycles. The van der Waals surface area contributed by atoms with Gasteiger partial charge in [-0.15, -0.1) is 0 Å². The van der Waals surface area contributed by atoms with Gasteiger partial charge in [-0.3, -0.25) is 0 Å². The van der Waals surface area contributed by atoms with Crippen LogP contribution in [0.25, 0.3) is 11.0 Å². The summed E-state index contributed by atoms with van der Waals surface area (Å²) in [5.74, 6) is 0. The summed E-state index contributed by atoms with van der Waals surface area (Å²) < 4.78 is 30.7. The Hall–Kier alpha value is -2.22. The molecule has 0 bridgehead atoms. The summed E-state index contributed by atoms with van der Waals surface area (Å²) >= 11 is 0. The van der Waals surface area contributed by atoms with Crippen molar-refractivity contribution >= 4 is 21.1 Å². The average Bonchev–Trinajstić information content (AvgIpc) is 2.94. The highest BCUT2D eigenvalue weighted by Gasteiger charge is 2.24. The predicted molar refractivity (Wildman–Crippen MR) is 66.1 cm³/mol. The molecule has 0 atom stereocenters. The van der Waals surface area contributed by atoms with Gasteiger partial charge in [-0.25, -0.2) is 4.63 Å². The van der Waals surface area contributed by atoms with E-state index in [0.717, 1.165) is 4.09 Å². The topological polar surface area (TPSA) is 90.9 Å². The summed E-state index contributed by atoms with van der Waals surface area (Å²) in [7, 11) is -3.80. The summed E-state index contributed by atoms with van der Waals surface area (Å²) in [5.41, 5.74) is 1.76. The van der Waals surface area contributed by atoms with E-state index in [1.807, 2.05) is 0 Å². The Labute approximate surface area is 108 Å². The summed E-state index contributed by atoms with van der Waals surface area (Å²) in [6.07, 6.45) is 0. The van der Waals surface area contributed by atoms with E-state index in [9.17, 15) is 8.42 Å². The molecule has 0 amide bonds. The van der Waals surface area contributed by atoms with Gasteiger partial charge in [0.1, 0.15) is 10.4 Å². The Morgan fingerprint density at radius 3 is 2.68 bits per heavy atom. The molecule has 0 spiro atoms. The highest BCUT2D eigenvalue weighted by Crippen LogP contribution is 2.22. The third-order valence-corrected chi connectivity index (χ3v) is 4.43. The summed E-state index contributed by atoms with van der Waals surface area (Å²) in [6, 6.07) is 6.37. The zero-order chi connectivity index (χ0) is 13.6. The fourth-order valence-corrected chi connectivity index (χ4v) is 3.43. The van der Waals surface area contributed by atoms with Gasteiger partial charge in [-0.2, -0.15) is 17.6 Å². The van der Waals surface area contributed by atoms with Gasteiger partial charge in [0, 0.05) is 0 Å². The van der Waals surface area contributed by atoms with Gasteiger partial charge in [0.15, 0.2) is 5.52 Å². The van der Waals surface area contributed by atoms with Crippen LogP contribution in [-0.2, 0) is 10.0 Å². The Morgan fingerprint density at radius 2 is 2.00 bits per heavy atom. The lowest BCUT2D eigenvalue weighted by atomic mass is 10.3. The van der Waals surface area contributed by atoms with Gasteiger partial charge in [0.25, 0.3) is 10.0 Å². The normalized spacial score (nSPS) is 12.1. The summed E-state index contributed by atoms with van der Waals surface area (Å²) in [6.45, 7) is 3.41. The zero-order valence-corrected chi connectivity index (χ0v) is 11.0. The molecule has 2 heterocycles. The van der Waals surface area contributed by atoms with Crippen molar-refractivity contribution in [3.05, 3.63) is 35.7 Å². The summed E-state index contributed by atoms with van der Waals surface area (Å²) in [4.78, 5) is 0.0254. The first-order chi connectivity index (χ1) is 9.00. The number of aryl methyl sites for hydroxylation is 2. The minimum absolute atomic E-state index is 0.0254. The number of hydrogen-bond donors (Lipinski definition) is 0. The molecule has 0 aliphatic heterocycles. The maximum Gasteiger partial charge on any atom is 0.285 e. The van der Waals surface area contributed by atoms with Crippen LogP contribution < -0.4 is 0 Å². The zero-order valence-electron chi connectivity index (χ0n) is 10.2. The number of hydrogen-bond acceptors (Lipinski definition) is 6. The van der Waals surface area contributed by atoms with Crippen LogP contribution in [0.5, 0.6) is 0 Å². The Kier molecular flexibility index (Phi) is 2.42. The van der Waals surface area contributed by atoms with Crippen molar-refractivity contribution < 1.29 is 13.0 Å². The molecule has 0 aliphatic carbocycles. The monoisotopic (exact) mass is 278 g/mol. The standard InChI is InChI=1S/C11H10N4O3S/c1-7-6-8(2)15(12-7)19(16,17)10-5-3-4-9-11(10)14-18-13-9/h3-6H,1-2H3. The molecule has 0 fully saturated rings. The van der Waals surface area contributed by atoms with Crippen LogP contribution in [0, 0.1) is 13.8 Å². The second kappa shape index (κ2) is 3.89. The lowest BCUT2D eigenvalue weighted by Gasteiger charge is -2.06. The molecule has 98 valence electrons. The maximum atomic E-state index is 12.6. The van der Waals surface area contributed by atoms with Crippen molar-refractivity contribution in [2.45, 2.75) is 18.7 Å². The molecule has 0 aliphatic rings. The van der Waals surface area contributed by atoms with Gasteiger partial charge >= 0.3 is 0 Å². The SMILES string of the molecule is Cc1cc(C)n(S(=O)(=O)c2cccc3nonc23)n1. The van der Waals surface area contributed by atoms with Crippen LogP contribution in [0.2, 0.25) is 0 Å². The molecule has 8 heteroatoms. The lowest BCUT2D eigenvalue weighted by molar-refractivity contribution is 0.315. The molecule has 3 aromatic rings. The number of rotatable bonds is 2. The Morgan fingerprint density at radius 1 is 1.21 bits per heavy atom. The molecule has 0 radical (unpaired) electrons. The fraction of sp³-hybridized carbons (Fsp3) is 0.182. The van der Waals surface area contributed by atoms with Crippen LogP contribution in [0.3, 0.4) is 0 Å². The van der Waals surface area contributed by atoms with Crippen molar-refractivity contribution in [1.82, 2.24) is 19.5 Å². The van der Waals surface area contributed by atoms with Gasteiger partial charge in [0.05, 0.1) is 11.4 Å². The molecule has 19 heavy (non-hydrogen) atoms. The highest BCUT2D eigenvalue weighted by atomic mass is 32.2. The number of aromatic nitrogens is 4. The van der Waals surface area contributed by atoms with E-state index >= 15 is 0 Å². The Bertz CT molecular complexity index is 863. The minimum atomic E-state index is -3.80. The molecule has 7 nitrogen and oxygen atoms in total.